The number of hydrogen-bond donors (Lipinski definition) is 2. The molecule has 0 bridgehead atoms. The fourth-order valence-electron chi connectivity index (χ4n) is 4.27. The molecule has 0 spiro atoms. The smallest absolute Gasteiger partial charge is 0.282 e. The molecule has 0 amide bonds. The van der Waals surface area contributed by atoms with Gasteiger partial charge in [-0.25, -0.2) is 14.5 Å². The van der Waals surface area contributed by atoms with Gasteiger partial charge in [-0.2, -0.15) is 10.4 Å². The van der Waals surface area contributed by atoms with Crippen molar-refractivity contribution in [3.8, 4) is 11.8 Å². The summed E-state index contributed by atoms with van der Waals surface area (Å²) in [5.74, 6) is 0.824. The van der Waals surface area contributed by atoms with Gasteiger partial charge >= 0.3 is 0 Å². The molecule has 3 N–H and O–H groups in total. The molecule has 1 atom stereocenters. The minimum absolute atomic E-state index is 0.0826. The summed E-state index contributed by atoms with van der Waals surface area (Å²) in [6.45, 7) is 5.50. The average Bonchev–Trinajstić information content (AvgIpc) is 3.28. The fraction of sp³-hybridized carbons (Fsp3) is 0.292. The predicted octanol–water partition coefficient (Wildman–Crippen LogP) is 1.73. The number of morpholine rings is 1. The van der Waals surface area contributed by atoms with E-state index in [0.29, 0.717) is 36.8 Å². The second-order valence-electron chi connectivity index (χ2n) is 8.32. The molecule has 5 rings (SSSR count). The highest BCUT2D eigenvalue weighted by Gasteiger charge is 2.23. The van der Waals surface area contributed by atoms with E-state index in [0.717, 1.165) is 18.7 Å². The number of aromatic nitrogens is 5. The van der Waals surface area contributed by atoms with Crippen molar-refractivity contribution in [3.05, 3.63) is 76.2 Å². The van der Waals surface area contributed by atoms with Crippen molar-refractivity contribution in [2.24, 2.45) is 0 Å². The molecule has 178 valence electrons. The van der Waals surface area contributed by atoms with Crippen molar-refractivity contribution in [1.29, 1.82) is 5.26 Å². The second-order valence-corrected chi connectivity index (χ2v) is 8.32. The molecule has 11 nitrogen and oxygen atoms in total. The molecule has 1 aliphatic rings. The summed E-state index contributed by atoms with van der Waals surface area (Å²) < 4.78 is 8.69. The molecular formula is C24H25N9O2. The van der Waals surface area contributed by atoms with Crippen molar-refractivity contribution in [1.82, 2.24) is 29.0 Å². The third kappa shape index (κ3) is 4.32. The van der Waals surface area contributed by atoms with E-state index < -0.39 is 6.04 Å². The van der Waals surface area contributed by atoms with Crippen LogP contribution in [0.2, 0.25) is 0 Å². The molecule has 0 radical (unpaired) electrons. The van der Waals surface area contributed by atoms with Gasteiger partial charge in [-0.3, -0.25) is 14.3 Å². The zero-order valence-corrected chi connectivity index (χ0v) is 19.3. The summed E-state index contributed by atoms with van der Waals surface area (Å²) in [7, 11) is 0. The normalized spacial score (nSPS) is 15.1. The van der Waals surface area contributed by atoms with Crippen LogP contribution in [-0.2, 0) is 11.3 Å². The van der Waals surface area contributed by atoms with Gasteiger partial charge < -0.3 is 15.8 Å². The first-order valence-corrected chi connectivity index (χ1v) is 11.3. The second kappa shape index (κ2) is 9.54. The third-order valence-corrected chi connectivity index (χ3v) is 6.04. The fourth-order valence-corrected chi connectivity index (χ4v) is 4.27. The minimum Gasteiger partial charge on any atom is -0.382 e. The number of nitrogen functional groups attached to an aromatic ring is 1. The number of nitrogens with one attached hydrogen (secondary N) is 1. The molecule has 4 aromatic rings. The Morgan fingerprint density at radius 3 is 2.71 bits per heavy atom. The maximum absolute atomic E-state index is 13.9. The molecule has 0 saturated carbocycles. The van der Waals surface area contributed by atoms with E-state index in [1.54, 1.807) is 15.3 Å². The van der Waals surface area contributed by atoms with Crippen LogP contribution in [0.4, 0.5) is 11.6 Å². The van der Waals surface area contributed by atoms with Crippen molar-refractivity contribution in [3.63, 3.8) is 0 Å². The van der Waals surface area contributed by atoms with Crippen molar-refractivity contribution >= 4 is 17.2 Å². The Hall–Kier alpha value is -4.27. The Labute approximate surface area is 201 Å². The highest BCUT2D eigenvalue weighted by molar-refractivity contribution is 5.62. The number of nitriles is 1. The lowest BCUT2D eigenvalue weighted by atomic mass is 10.2. The molecular weight excluding hydrogens is 446 g/mol. The Kier molecular flexibility index (Phi) is 6.13. The SMILES string of the molecule is C[C@H](Nc1ncnc(N)c1C#N)c1nn2ccc(CN3CCOCC3)c2c(=O)n1-c1ccccc1. The Morgan fingerprint density at radius 2 is 1.97 bits per heavy atom. The van der Waals surface area contributed by atoms with Gasteiger partial charge in [-0.15, -0.1) is 0 Å². The number of para-hydroxylation sites is 1. The number of hydrogen-bond acceptors (Lipinski definition) is 9. The summed E-state index contributed by atoms with van der Waals surface area (Å²) in [5.41, 5.74) is 7.94. The van der Waals surface area contributed by atoms with Crippen LogP contribution >= 0.6 is 0 Å². The van der Waals surface area contributed by atoms with Crippen LogP contribution in [0.5, 0.6) is 0 Å². The molecule has 1 saturated heterocycles. The lowest BCUT2D eigenvalue weighted by molar-refractivity contribution is 0.0343. The van der Waals surface area contributed by atoms with Crippen molar-refractivity contribution < 1.29 is 4.74 Å². The van der Waals surface area contributed by atoms with E-state index in [9.17, 15) is 10.1 Å². The predicted molar refractivity (Wildman–Crippen MR) is 130 cm³/mol. The van der Waals surface area contributed by atoms with Gasteiger partial charge in [0.05, 0.1) is 24.9 Å². The summed E-state index contributed by atoms with van der Waals surface area (Å²) in [6, 6.07) is 12.9. The van der Waals surface area contributed by atoms with Crippen LogP contribution < -0.4 is 16.6 Å². The number of fused-ring (bicyclic) bond motifs is 1. The summed E-state index contributed by atoms with van der Waals surface area (Å²) in [5, 5.41) is 17.5. The third-order valence-electron chi connectivity index (χ3n) is 6.04. The van der Waals surface area contributed by atoms with Gasteiger partial charge in [0, 0.05) is 25.8 Å². The molecule has 0 unspecified atom stereocenters. The van der Waals surface area contributed by atoms with Gasteiger partial charge in [0.25, 0.3) is 5.56 Å². The van der Waals surface area contributed by atoms with Crippen LogP contribution in [0.1, 0.15) is 29.9 Å². The molecule has 35 heavy (non-hydrogen) atoms. The highest BCUT2D eigenvalue weighted by atomic mass is 16.5. The number of anilines is 2. The van der Waals surface area contributed by atoms with E-state index in [2.05, 4.69) is 20.2 Å². The minimum atomic E-state index is -0.487. The number of nitrogens with zero attached hydrogens (tertiary/aromatic N) is 7. The zero-order chi connectivity index (χ0) is 24.4. The quantitative estimate of drug-likeness (QED) is 0.430. The van der Waals surface area contributed by atoms with Crippen molar-refractivity contribution in [2.75, 3.05) is 37.4 Å². The molecule has 4 heterocycles. The van der Waals surface area contributed by atoms with Gasteiger partial charge in [0.2, 0.25) is 0 Å². The Bertz CT molecular complexity index is 1450. The van der Waals surface area contributed by atoms with E-state index in [1.807, 2.05) is 49.4 Å². The standard InChI is InChI=1S/C24H25N9O2/c1-16(29-22-19(13-25)21(26)27-15-28-22)23-30-32-8-7-17(14-31-9-11-35-12-10-31)20(32)24(34)33(23)18-5-3-2-4-6-18/h2-8,15-16H,9-12,14H2,1H3,(H3,26,27,28,29)/t16-/m0/s1. The van der Waals surface area contributed by atoms with E-state index >= 15 is 0 Å². The van der Waals surface area contributed by atoms with Gasteiger partial charge in [-0.05, 0) is 30.7 Å². The molecule has 3 aromatic heterocycles. The first kappa shape index (κ1) is 22.5. The molecule has 1 fully saturated rings. The molecule has 0 aliphatic carbocycles. The summed E-state index contributed by atoms with van der Waals surface area (Å²) in [4.78, 5) is 24.3. The van der Waals surface area contributed by atoms with Gasteiger partial charge in [0.1, 0.15) is 35.1 Å². The number of nitrogens with two attached hydrogens (primary N) is 1. The average molecular weight is 472 g/mol. The monoisotopic (exact) mass is 471 g/mol. The first-order valence-electron chi connectivity index (χ1n) is 11.3. The number of ether oxygens (including phenoxy) is 1. The van der Waals surface area contributed by atoms with Crippen molar-refractivity contribution in [2.45, 2.75) is 19.5 Å². The van der Waals surface area contributed by atoms with Gasteiger partial charge in [-0.1, -0.05) is 18.2 Å². The molecule has 11 heteroatoms. The topological polar surface area (TPSA) is 139 Å². The van der Waals surface area contributed by atoms with E-state index in [-0.39, 0.29) is 22.8 Å². The van der Waals surface area contributed by atoms with Crippen LogP contribution in [0, 0.1) is 11.3 Å². The summed E-state index contributed by atoms with van der Waals surface area (Å²) >= 11 is 0. The largest absolute Gasteiger partial charge is 0.382 e. The Balaban J connectivity index is 1.61. The van der Waals surface area contributed by atoms with Crippen LogP contribution in [0.25, 0.3) is 11.2 Å². The molecule has 1 aromatic carbocycles. The lowest BCUT2D eigenvalue weighted by Gasteiger charge is -2.26. The van der Waals surface area contributed by atoms with E-state index in [1.165, 1.54) is 6.33 Å². The first-order chi connectivity index (χ1) is 17.1. The maximum atomic E-state index is 13.9. The zero-order valence-electron chi connectivity index (χ0n) is 19.3. The molecule has 1 aliphatic heterocycles. The maximum Gasteiger partial charge on any atom is 0.282 e. The number of rotatable bonds is 6. The number of benzene rings is 1. The van der Waals surface area contributed by atoms with Crippen LogP contribution in [-0.4, -0.2) is 55.4 Å². The summed E-state index contributed by atoms with van der Waals surface area (Å²) in [6.07, 6.45) is 3.09. The van der Waals surface area contributed by atoms with Crippen LogP contribution in [0.15, 0.2) is 53.7 Å². The van der Waals surface area contributed by atoms with Crippen LogP contribution in [0.3, 0.4) is 0 Å². The Morgan fingerprint density at radius 1 is 1.20 bits per heavy atom. The van der Waals surface area contributed by atoms with E-state index in [4.69, 9.17) is 15.6 Å². The van der Waals surface area contributed by atoms with Gasteiger partial charge in [0.15, 0.2) is 5.82 Å². The lowest BCUT2D eigenvalue weighted by Crippen LogP contribution is -2.36. The highest BCUT2D eigenvalue weighted by Crippen LogP contribution is 2.23.